The Labute approximate surface area is 161 Å². The molecule has 4 rings (SSSR count). The largest absolute Gasteiger partial charge is 0.495 e. The minimum Gasteiger partial charge on any atom is -0.495 e. The second-order valence-corrected chi connectivity index (χ2v) is 8.27. The van der Waals surface area contributed by atoms with Gasteiger partial charge < -0.3 is 4.74 Å². The van der Waals surface area contributed by atoms with Crippen LogP contribution >= 0.6 is 0 Å². The second-order valence-electron chi connectivity index (χ2n) is 6.64. The first kappa shape index (κ1) is 18.3. The lowest BCUT2D eigenvalue weighted by atomic mass is 10.1. The van der Waals surface area contributed by atoms with Crippen molar-refractivity contribution in [3.63, 3.8) is 0 Å². The van der Waals surface area contributed by atoms with Crippen molar-refractivity contribution < 1.29 is 17.5 Å². The summed E-state index contributed by atoms with van der Waals surface area (Å²) in [5.41, 5.74) is 1.76. The van der Waals surface area contributed by atoms with Gasteiger partial charge in [0.25, 0.3) is 10.0 Å². The molecule has 7 nitrogen and oxygen atoms in total. The van der Waals surface area contributed by atoms with Crippen LogP contribution < -0.4 is 9.46 Å². The highest BCUT2D eigenvalue weighted by molar-refractivity contribution is 7.92. The third kappa shape index (κ3) is 3.27. The number of fused-ring (bicyclic) bond motifs is 1. The number of nitrogens with one attached hydrogen (secondary N) is 1. The summed E-state index contributed by atoms with van der Waals surface area (Å²) in [7, 11) is -2.71. The minimum absolute atomic E-state index is 0.0498. The molecule has 0 amide bonds. The third-order valence-corrected chi connectivity index (χ3v) is 6.05. The molecule has 0 unspecified atom stereocenters. The number of nitriles is 1. The SMILES string of the molecule is COc1cc(CC#N)c(F)cc1NS(=O)(=O)c1cnc2cc(C3CC3)ccn12. The summed E-state index contributed by atoms with van der Waals surface area (Å²) in [6.07, 6.45) is 5.07. The van der Waals surface area contributed by atoms with E-state index in [9.17, 15) is 12.8 Å². The van der Waals surface area contributed by atoms with Crippen molar-refractivity contribution in [2.75, 3.05) is 11.8 Å². The lowest BCUT2D eigenvalue weighted by Crippen LogP contribution is -2.16. The fourth-order valence-corrected chi connectivity index (χ4v) is 4.26. The van der Waals surface area contributed by atoms with Crippen molar-refractivity contribution in [2.24, 2.45) is 0 Å². The lowest BCUT2D eigenvalue weighted by Gasteiger charge is -2.13. The smallest absolute Gasteiger partial charge is 0.279 e. The summed E-state index contributed by atoms with van der Waals surface area (Å²) < 4.78 is 49.0. The summed E-state index contributed by atoms with van der Waals surface area (Å²) >= 11 is 0. The predicted octanol–water partition coefficient (Wildman–Crippen LogP) is 3.23. The van der Waals surface area contributed by atoms with Gasteiger partial charge in [0.05, 0.1) is 31.5 Å². The first-order chi connectivity index (χ1) is 13.4. The molecule has 0 bridgehead atoms. The number of nitrogens with zero attached hydrogens (tertiary/aromatic N) is 3. The molecule has 1 N–H and O–H groups in total. The highest BCUT2D eigenvalue weighted by Crippen LogP contribution is 2.40. The number of hydrogen-bond acceptors (Lipinski definition) is 5. The Hall–Kier alpha value is -3.12. The Morgan fingerprint density at radius 1 is 1.39 bits per heavy atom. The Balaban J connectivity index is 1.71. The summed E-state index contributed by atoms with van der Waals surface area (Å²) in [6.45, 7) is 0. The molecule has 1 fully saturated rings. The molecule has 1 aliphatic carbocycles. The molecular formula is C19H17FN4O3S. The predicted molar refractivity (Wildman–Crippen MR) is 100 cm³/mol. The molecule has 0 aliphatic heterocycles. The molecule has 2 aromatic heterocycles. The molecule has 1 aliphatic rings. The van der Waals surface area contributed by atoms with Gasteiger partial charge in [-0.25, -0.2) is 9.37 Å². The maximum Gasteiger partial charge on any atom is 0.279 e. The van der Waals surface area contributed by atoms with Crippen molar-refractivity contribution >= 4 is 21.4 Å². The van der Waals surface area contributed by atoms with Crippen molar-refractivity contribution in [3.05, 3.63) is 53.6 Å². The van der Waals surface area contributed by atoms with Crippen molar-refractivity contribution in [2.45, 2.75) is 30.2 Å². The standard InChI is InChI=1S/C19H17FN4O3S/c1-27-17-8-14(4-6-21)15(20)10-16(17)23-28(25,26)19-11-22-18-9-13(12-2-3-12)5-7-24(18)19/h5,7-12,23H,2-4H2,1H3. The van der Waals surface area contributed by atoms with Crippen LogP contribution in [0.15, 0.2) is 41.7 Å². The zero-order valence-electron chi connectivity index (χ0n) is 15.0. The zero-order chi connectivity index (χ0) is 19.9. The number of aromatic nitrogens is 2. The van der Waals surface area contributed by atoms with E-state index in [1.54, 1.807) is 6.20 Å². The van der Waals surface area contributed by atoms with Gasteiger partial charge in [0.15, 0.2) is 5.03 Å². The molecule has 144 valence electrons. The van der Waals surface area contributed by atoms with E-state index >= 15 is 0 Å². The first-order valence-electron chi connectivity index (χ1n) is 8.66. The number of anilines is 1. The highest BCUT2D eigenvalue weighted by Gasteiger charge is 2.26. The normalized spacial score (nSPS) is 14.0. The number of rotatable bonds is 6. The summed E-state index contributed by atoms with van der Waals surface area (Å²) in [4.78, 5) is 4.20. The van der Waals surface area contributed by atoms with Crippen molar-refractivity contribution in [3.8, 4) is 11.8 Å². The molecule has 1 aromatic carbocycles. The topological polar surface area (TPSA) is 96.5 Å². The maximum absolute atomic E-state index is 14.2. The van der Waals surface area contributed by atoms with E-state index in [0.717, 1.165) is 24.5 Å². The molecule has 1 saturated carbocycles. The quantitative estimate of drug-likeness (QED) is 0.685. The molecule has 2 heterocycles. The van der Waals surface area contributed by atoms with Crippen molar-refractivity contribution in [1.29, 1.82) is 5.26 Å². The second kappa shape index (κ2) is 6.80. The molecular weight excluding hydrogens is 383 g/mol. The van der Waals surface area contributed by atoms with Crippen LogP contribution in [0, 0.1) is 17.1 Å². The average molecular weight is 400 g/mol. The molecule has 0 saturated heterocycles. The average Bonchev–Trinajstić information content (AvgIpc) is 3.42. The Morgan fingerprint density at radius 2 is 2.18 bits per heavy atom. The number of sulfonamides is 1. The maximum atomic E-state index is 14.2. The van der Waals surface area contributed by atoms with E-state index in [4.69, 9.17) is 10.00 Å². The van der Waals surface area contributed by atoms with E-state index in [1.807, 2.05) is 18.2 Å². The number of halogens is 1. The third-order valence-electron chi connectivity index (χ3n) is 4.71. The molecule has 28 heavy (non-hydrogen) atoms. The van der Waals surface area contributed by atoms with Crippen LogP contribution in [0.4, 0.5) is 10.1 Å². The number of ether oxygens (including phenoxy) is 1. The van der Waals surface area contributed by atoms with Gasteiger partial charge in [-0.3, -0.25) is 9.12 Å². The van der Waals surface area contributed by atoms with Crippen LogP contribution in [0.3, 0.4) is 0 Å². The highest BCUT2D eigenvalue weighted by atomic mass is 32.2. The van der Waals surface area contributed by atoms with Gasteiger partial charge in [-0.1, -0.05) is 0 Å². The Bertz CT molecular complexity index is 1210. The van der Waals surface area contributed by atoms with Crippen LogP contribution in [0.1, 0.15) is 29.9 Å². The number of hydrogen-bond donors (Lipinski definition) is 1. The van der Waals surface area contributed by atoms with E-state index in [-0.39, 0.29) is 28.4 Å². The number of imidazole rings is 1. The fraction of sp³-hybridized carbons (Fsp3) is 0.263. The summed E-state index contributed by atoms with van der Waals surface area (Å²) in [5, 5.41) is 8.71. The van der Waals surface area contributed by atoms with Crippen LogP contribution in [0.5, 0.6) is 5.75 Å². The lowest BCUT2D eigenvalue weighted by molar-refractivity contribution is 0.415. The van der Waals surface area contributed by atoms with Crippen LogP contribution in [0.25, 0.3) is 5.65 Å². The van der Waals surface area contributed by atoms with Crippen molar-refractivity contribution in [1.82, 2.24) is 9.38 Å². The minimum atomic E-state index is -4.05. The van der Waals surface area contributed by atoms with Gasteiger partial charge in [0.1, 0.15) is 17.2 Å². The summed E-state index contributed by atoms with van der Waals surface area (Å²) in [6, 6.07) is 7.95. The monoisotopic (exact) mass is 400 g/mol. The van der Waals surface area contributed by atoms with Crippen LogP contribution in [0.2, 0.25) is 0 Å². The van der Waals surface area contributed by atoms with Crippen LogP contribution in [-0.4, -0.2) is 24.9 Å². The molecule has 9 heteroatoms. The van der Waals surface area contributed by atoms with E-state index < -0.39 is 15.8 Å². The van der Waals surface area contributed by atoms with E-state index in [0.29, 0.717) is 11.6 Å². The van der Waals surface area contributed by atoms with E-state index in [2.05, 4.69) is 9.71 Å². The van der Waals surface area contributed by atoms with Gasteiger partial charge in [-0.05, 0) is 42.5 Å². The van der Waals surface area contributed by atoms with E-state index in [1.165, 1.54) is 23.8 Å². The van der Waals surface area contributed by atoms with Gasteiger partial charge in [0, 0.05) is 17.8 Å². The van der Waals surface area contributed by atoms with Gasteiger partial charge in [0.2, 0.25) is 0 Å². The zero-order valence-corrected chi connectivity index (χ0v) is 15.8. The number of methoxy groups -OCH3 is 1. The van der Waals surface area contributed by atoms with Gasteiger partial charge >= 0.3 is 0 Å². The first-order valence-corrected chi connectivity index (χ1v) is 10.1. The molecule has 3 aromatic rings. The van der Waals surface area contributed by atoms with Gasteiger partial charge in [-0.2, -0.15) is 13.7 Å². The Kier molecular flexibility index (Phi) is 4.43. The number of pyridine rings is 1. The summed E-state index contributed by atoms with van der Waals surface area (Å²) in [5.74, 6) is -0.0358. The molecule has 0 spiro atoms. The van der Waals surface area contributed by atoms with Crippen LogP contribution in [-0.2, 0) is 16.4 Å². The number of benzene rings is 1. The Morgan fingerprint density at radius 3 is 2.86 bits per heavy atom. The molecule has 0 atom stereocenters. The molecule has 0 radical (unpaired) electrons. The van der Waals surface area contributed by atoms with Gasteiger partial charge in [-0.15, -0.1) is 0 Å². The fourth-order valence-electron chi connectivity index (χ4n) is 3.10.